The van der Waals surface area contributed by atoms with Gasteiger partial charge in [0, 0.05) is 27.2 Å². The Bertz CT molecular complexity index is 782. The van der Waals surface area contributed by atoms with E-state index in [-0.39, 0.29) is 36.4 Å². The van der Waals surface area contributed by atoms with Gasteiger partial charge in [-0.1, -0.05) is 42.5 Å². The Morgan fingerprint density at radius 1 is 0.967 bits per heavy atom. The number of carbonyl (C=O) groups excluding carboxylic acids is 1. The van der Waals surface area contributed by atoms with E-state index in [0.717, 1.165) is 25.1 Å². The Hall–Kier alpha value is -2.29. The first-order valence-electron chi connectivity index (χ1n) is 10.1. The molecule has 0 aromatic heterocycles. The van der Waals surface area contributed by atoms with Gasteiger partial charge in [-0.3, -0.25) is 4.79 Å². The van der Waals surface area contributed by atoms with Gasteiger partial charge in [-0.05, 0) is 43.0 Å². The summed E-state index contributed by atoms with van der Waals surface area (Å²) in [5.74, 6) is 1.51. The smallest absolute Gasteiger partial charge is 0.243 e. The minimum Gasteiger partial charge on any atom is -0.494 e. The van der Waals surface area contributed by atoms with Crippen LogP contribution in [0.15, 0.2) is 59.6 Å². The number of carbonyl (C=O) groups is 1. The van der Waals surface area contributed by atoms with Crippen LogP contribution in [0.4, 0.5) is 0 Å². The summed E-state index contributed by atoms with van der Waals surface area (Å²) in [4.78, 5) is 17.9. The Labute approximate surface area is 197 Å². The summed E-state index contributed by atoms with van der Waals surface area (Å²) in [7, 11) is 3.47. The molecule has 2 rings (SSSR count). The van der Waals surface area contributed by atoms with Gasteiger partial charge in [0.25, 0.3) is 0 Å². The van der Waals surface area contributed by atoms with Crippen LogP contribution in [0.5, 0.6) is 5.75 Å². The van der Waals surface area contributed by atoms with Crippen molar-refractivity contribution in [3.8, 4) is 5.75 Å². The number of benzene rings is 2. The van der Waals surface area contributed by atoms with Crippen LogP contribution >= 0.6 is 24.0 Å². The van der Waals surface area contributed by atoms with Crippen molar-refractivity contribution in [2.45, 2.75) is 19.8 Å². The van der Waals surface area contributed by atoms with Gasteiger partial charge >= 0.3 is 0 Å². The van der Waals surface area contributed by atoms with E-state index in [2.05, 4.69) is 39.9 Å². The van der Waals surface area contributed by atoms with E-state index in [1.807, 2.05) is 37.3 Å². The number of guanidine groups is 1. The predicted octanol–water partition coefficient (Wildman–Crippen LogP) is 3.11. The zero-order valence-corrected chi connectivity index (χ0v) is 20.4. The van der Waals surface area contributed by atoms with Gasteiger partial charge in [0.2, 0.25) is 5.91 Å². The van der Waals surface area contributed by atoms with Crippen LogP contribution in [-0.2, 0) is 17.6 Å². The molecule has 2 aromatic rings. The molecule has 164 valence electrons. The maximum absolute atomic E-state index is 11.9. The zero-order chi connectivity index (χ0) is 20.9. The van der Waals surface area contributed by atoms with Crippen LogP contribution < -0.4 is 15.4 Å². The number of hydrogen-bond donors (Lipinski definition) is 2. The van der Waals surface area contributed by atoms with Crippen molar-refractivity contribution < 1.29 is 9.53 Å². The average molecular weight is 524 g/mol. The molecule has 0 atom stereocenters. The standard InChI is InChI=1S/C23H32N4O2.HI/c1-4-29-21-12-8-11-20(17-21)14-16-25-23(26-18-22(28)27(2)3)24-15-13-19-9-6-5-7-10-19;/h5-12,17H,4,13-16,18H2,1-3H3,(H2,24,25,26);1H. The van der Waals surface area contributed by atoms with Gasteiger partial charge < -0.3 is 20.3 Å². The molecule has 2 aromatic carbocycles. The fourth-order valence-corrected chi connectivity index (χ4v) is 2.72. The van der Waals surface area contributed by atoms with E-state index >= 15 is 0 Å². The first-order chi connectivity index (χ1) is 14.1. The molecule has 6 nitrogen and oxygen atoms in total. The summed E-state index contributed by atoms with van der Waals surface area (Å²) >= 11 is 0. The van der Waals surface area contributed by atoms with E-state index < -0.39 is 0 Å². The van der Waals surface area contributed by atoms with Crippen LogP contribution in [0.1, 0.15) is 18.1 Å². The topological polar surface area (TPSA) is 66.0 Å². The Kier molecular flexibility index (Phi) is 12.6. The fourth-order valence-electron chi connectivity index (χ4n) is 2.72. The van der Waals surface area contributed by atoms with Crippen molar-refractivity contribution in [3.63, 3.8) is 0 Å². The molecular weight excluding hydrogens is 491 g/mol. The van der Waals surface area contributed by atoms with Crippen molar-refractivity contribution in [2.24, 2.45) is 4.99 Å². The summed E-state index contributed by atoms with van der Waals surface area (Å²) in [5, 5.41) is 6.65. The van der Waals surface area contributed by atoms with Gasteiger partial charge in [-0.25, -0.2) is 4.99 Å². The highest BCUT2D eigenvalue weighted by Crippen LogP contribution is 2.13. The van der Waals surface area contributed by atoms with E-state index in [1.54, 1.807) is 19.0 Å². The molecule has 1 amide bonds. The lowest BCUT2D eigenvalue weighted by molar-refractivity contribution is -0.127. The largest absolute Gasteiger partial charge is 0.494 e. The maximum atomic E-state index is 11.9. The minimum absolute atomic E-state index is 0. The molecule has 0 unspecified atom stereocenters. The van der Waals surface area contributed by atoms with Crippen molar-refractivity contribution in [3.05, 3.63) is 65.7 Å². The predicted molar refractivity (Wildman–Crippen MR) is 134 cm³/mol. The summed E-state index contributed by atoms with van der Waals surface area (Å²) < 4.78 is 5.56. The molecule has 7 heteroatoms. The van der Waals surface area contributed by atoms with E-state index in [0.29, 0.717) is 19.1 Å². The molecule has 0 aliphatic rings. The highest BCUT2D eigenvalue weighted by molar-refractivity contribution is 14.0. The SMILES string of the molecule is CCOc1cccc(CCNC(=NCC(=O)N(C)C)NCCc2ccccc2)c1.I. The second kappa shape index (κ2) is 14.7. The Morgan fingerprint density at radius 2 is 1.60 bits per heavy atom. The summed E-state index contributed by atoms with van der Waals surface area (Å²) in [5.41, 5.74) is 2.45. The zero-order valence-electron chi connectivity index (χ0n) is 18.1. The molecule has 0 fully saturated rings. The van der Waals surface area contributed by atoms with Crippen LogP contribution in [0.3, 0.4) is 0 Å². The van der Waals surface area contributed by atoms with Crippen molar-refractivity contribution >= 4 is 35.8 Å². The summed E-state index contributed by atoms with van der Waals surface area (Å²) in [6.07, 6.45) is 1.72. The number of hydrogen-bond acceptors (Lipinski definition) is 3. The highest BCUT2D eigenvalue weighted by atomic mass is 127. The lowest BCUT2D eigenvalue weighted by atomic mass is 10.1. The Morgan fingerprint density at radius 3 is 2.23 bits per heavy atom. The first-order valence-corrected chi connectivity index (χ1v) is 10.1. The molecule has 0 aliphatic carbocycles. The number of halogens is 1. The molecule has 2 N–H and O–H groups in total. The fraction of sp³-hybridized carbons (Fsp3) is 0.391. The molecule has 0 spiro atoms. The molecule has 0 heterocycles. The van der Waals surface area contributed by atoms with Crippen LogP contribution in [0.2, 0.25) is 0 Å². The summed E-state index contributed by atoms with van der Waals surface area (Å²) in [6, 6.07) is 18.4. The molecule has 0 radical (unpaired) electrons. The molecule has 0 bridgehead atoms. The third kappa shape index (κ3) is 9.96. The van der Waals surface area contributed by atoms with Gasteiger partial charge in [0.05, 0.1) is 6.61 Å². The van der Waals surface area contributed by atoms with Gasteiger partial charge in [0.15, 0.2) is 5.96 Å². The number of nitrogens with one attached hydrogen (secondary N) is 2. The number of ether oxygens (including phenoxy) is 1. The summed E-state index contributed by atoms with van der Waals surface area (Å²) in [6.45, 7) is 4.21. The maximum Gasteiger partial charge on any atom is 0.243 e. The second-order valence-corrected chi connectivity index (χ2v) is 6.87. The lowest BCUT2D eigenvalue weighted by Crippen LogP contribution is -2.40. The normalized spacial score (nSPS) is 10.7. The van der Waals surface area contributed by atoms with Crippen LogP contribution in [-0.4, -0.2) is 57.1 Å². The monoisotopic (exact) mass is 524 g/mol. The van der Waals surface area contributed by atoms with Crippen molar-refractivity contribution in [2.75, 3.05) is 40.3 Å². The highest BCUT2D eigenvalue weighted by Gasteiger charge is 2.05. The van der Waals surface area contributed by atoms with Crippen LogP contribution in [0.25, 0.3) is 0 Å². The third-order valence-corrected chi connectivity index (χ3v) is 4.34. The molecule has 30 heavy (non-hydrogen) atoms. The minimum atomic E-state index is -0.0291. The van der Waals surface area contributed by atoms with E-state index in [1.165, 1.54) is 11.1 Å². The second-order valence-electron chi connectivity index (χ2n) is 6.87. The quantitative estimate of drug-likeness (QED) is 0.285. The molecule has 0 saturated heterocycles. The van der Waals surface area contributed by atoms with Gasteiger partial charge in [-0.15, -0.1) is 24.0 Å². The van der Waals surface area contributed by atoms with Gasteiger partial charge in [-0.2, -0.15) is 0 Å². The van der Waals surface area contributed by atoms with E-state index in [9.17, 15) is 4.79 Å². The number of aliphatic imine (C=N–C) groups is 1. The first kappa shape index (κ1) is 25.7. The molecular formula is C23H33IN4O2. The third-order valence-electron chi connectivity index (χ3n) is 4.34. The molecule has 0 saturated carbocycles. The van der Waals surface area contributed by atoms with Crippen LogP contribution in [0, 0.1) is 0 Å². The average Bonchev–Trinajstić information content (AvgIpc) is 2.72. The van der Waals surface area contributed by atoms with E-state index in [4.69, 9.17) is 4.74 Å². The lowest BCUT2D eigenvalue weighted by Gasteiger charge is -2.14. The Balaban J connectivity index is 0.00000450. The number of nitrogens with zero attached hydrogens (tertiary/aromatic N) is 2. The van der Waals surface area contributed by atoms with Crippen molar-refractivity contribution in [1.29, 1.82) is 0 Å². The number of amides is 1. The van der Waals surface area contributed by atoms with Crippen molar-refractivity contribution in [1.82, 2.24) is 15.5 Å². The number of likely N-dealkylation sites (N-methyl/N-ethyl adjacent to an activating group) is 1. The molecule has 0 aliphatic heterocycles. The number of rotatable bonds is 10. The van der Waals surface area contributed by atoms with Gasteiger partial charge in [0.1, 0.15) is 12.3 Å².